The van der Waals surface area contributed by atoms with Crippen molar-refractivity contribution in [2.75, 3.05) is 39.3 Å². The van der Waals surface area contributed by atoms with Gasteiger partial charge >= 0.3 is 0 Å². The van der Waals surface area contributed by atoms with Crippen molar-refractivity contribution in [2.24, 2.45) is 0 Å². The summed E-state index contributed by atoms with van der Waals surface area (Å²) in [4.78, 5) is 12.3. The molecule has 34 heavy (non-hydrogen) atoms. The van der Waals surface area contributed by atoms with Gasteiger partial charge in [-0.05, 0) is 19.1 Å². The summed E-state index contributed by atoms with van der Waals surface area (Å²) in [6, 6.07) is 3.12. The van der Waals surface area contributed by atoms with E-state index >= 15 is 0 Å². The monoisotopic (exact) mass is 511 g/mol. The zero-order valence-corrected chi connectivity index (χ0v) is 20.7. The van der Waals surface area contributed by atoms with Crippen molar-refractivity contribution >= 4 is 27.6 Å². The topological polar surface area (TPSA) is 143 Å². The molecular weight excluding hydrogens is 486 g/mol. The highest BCUT2D eigenvalue weighted by molar-refractivity contribution is 7.93. The molecule has 0 aromatic carbocycles. The fourth-order valence-corrected chi connectivity index (χ4v) is 4.58. The van der Waals surface area contributed by atoms with Crippen molar-refractivity contribution in [1.29, 1.82) is 0 Å². The normalized spacial score (nSPS) is 13.7. The van der Waals surface area contributed by atoms with Gasteiger partial charge in [0.05, 0.1) is 24.3 Å². The molecule has 3 rings (SSSR count). The maximum atomic E-state index is 13.3. The number of nitrogens with zero attached hydrogens (tertiary/aromatic N) is 6. The van der Waals surface area contributed by atoms with Crippen LogP contribution in [0.15, 0.2) is 36.9 Å². The average molecular weight is 512 g/mol. The van der Waals surface area contributed by atoms with E-state index in [0.29, 0.717) is 16.4 Å². The van der Waals surface area contributed by atoms with E-state index in [1.165, 1.54) is 40.6 Å². The van der Waals surface area contributed by atoms with Crippen LogP contribution in [0.1, 0.15) is 24.9 Å². The third-order valence-electron chi connectivity index (χ3n) is 5.00. The third-order valence-corrected chi connectivity index (χ3v) is 6.89. The molecule has 0 aliphatic rings. The molecule has 1 N–H and O–H groups in total. The van der Waals surface area contributed by atoms with E-state index in [1.807, 2.05) is 0 Å². The molecule has 0 aliphatic heterocycles. The largest absolute Gasteiger partial charge is 0.382 e. The van der Waals surface area contributed by atoms with Crippen LogP contribution in [0.25, 0.3) is 11.4 Å². The highest BCUT2D eigenvalue weighted by Gasteiger charge is 2.35. The van der Waals surface area contributed by atoms with Gasteiger partial charge < -0.3 is 14.2 Å². The van der Waals surface area contributed by atoms with Gasteiger partial charge in [0, 0.05) is 51.7 Å². The number of ether oxygens (including phenoxy) is 3. The lowest BCUT2D eigenvalue weighted by Crippen LogP contribution is -2.34. The van der Waals surface area contributed by atoms with E-state index < -0.39 is 27.4 Å². The summed E-state index contributed by atoms with van der Waals surface area (Å²) in [5.74, 6) is 0.581. The molecule has 0 aliphatic carbocycles. The molecule has 0 radical (unpaired) electrons. The maximum Gasteiger partial charge on any atom is 0.240 e. The second kappa shape index (κ2) is 11.6. The lowest BCUT2D eigenvalue weighted by Gasteiger charge is -2.24. The molecule has 14 heteroatoms. The molecule has 3 heterocycles. The van der Waals surface area contributed by atoms with Gasteiger partial charge in [-0.25, -0.2) is 18.4 Å². The van der Waals surface area contributed by atoms with Crippen LogP contribution < -0.4 is 4.72 Å². The fourth-order valence-electron chi connectivity index (χ4n) is 3.34. The Kier molecular flexibility index (Phi) is 8.85. The summed E-state index contributed by atoms with van der Waals surface area (Å²) in [5, 5.41) is 7.56. The summed E-state index contributed by atoms with van der Waals surface area (Å²) < 4.78 is 46.9. The van der Waals surface area contributed by atoms with E-state index in [1.54, 1.807) is 29.1 Å². The Morgan fingerprint density at radius 1 is 1.09 bits per heavy atom. The number of hydrogen-bond acceptors (Lipinski definition) is 10. The van der Waals surface area contributed by atoms with Crippen molar-refractivity contribution < 1.29 is 22.6 Å². The summed E-state index contributed by atoms with van der Waals surface area (Å²) in [6.45, 7) is 1.93. The van der Waals surface area contributed by atoms with E-state index in [-0.39, 0.29) is 25.0 Å². The standard InChI is InChI=1S/C20H26ClN7O5S/c1-13(17(33-4)18-23-9-15(21)10-24-18)34(29,30)27-20-26-25-19(14-6-5-7-22-8-14)28(20)16(11-31-2)12-32-3/h5-10,13,16-17H,11-12H2,1-4H3,(H,26,27). The average Bonchev–Trinajstić information content (AvgIpc) is 3.23. The minimum absolute atomic E-state index is 0.00307. The first kappa shape index (κ1) is 25.9. The van der Waals surface area contributed by atoms with Crippen LogP contribution in [-0.4, -0.2) is 77.9 Å². The van der Waals surface area contributed by atoms with Gasteiger partial charge in [0.2, 0.25) is 16.0 Å². The van der Waals surface area contributed by atoms with Crippen LogP contribution in [0.5, 0.6) is 0 Å². The van der Waals surface area contributed by atoms with Gasteiger partial charge in [0.15, 0.2) is 11.6 Å². The number of pyridine rings is 1. The zero-order valence-electron chi connectivity index (χ0n) is 19.1. The highest BCUT2D eigenvalue weighted by atomic mass is 35.5. The SMILES string of the molecule is COCC(COC)n1c(NS(=O)(=O)C(C)C(OC)c2ncc(Cl)cn2)nnc1-c1cccnc1. The molecule has 0 spiro atoms. The predicted octanol–water partition coefficient (Wildman–Crippen LogP) is 2.14. The predicted molar refractivity (Wildman–Crippen MR) is 125 cm³/mol. The molecule has 184 valence electrons. The number of anilines is 1. The van der Waals surface area contributed by atoms with Crippen molar-refractivity contribution in [3.63, 3.8) is 0 Å². The molecule has 0 saturated heterocycles. The number of nitrogens with one attached hydrogen (secondary N) is 1. The second-order valence-electron chi connectivity index (χ2n) is 7.29. The van der Waals surface area contributed by atoms with Crippen LogP contribution >= 0.6 is 11.6 Å². The van der Waals surface area contributed by atoms with Gasteiger partial charge in [-0.1, -0.05) is 11.6 Å². The first-order valence-electron chi connectivity index (χ1n) is 10.2. The van der Waals surface area contributed by atoms with Gasteiger partial charge in [0.25, 0.3) is 0 Å². The smallest absolute Gasteiger partial charge is 0.240 e. The molecule has 3 aromatic heterocycles. The van der Waals surface area contributed by atoms with Gasteiger partial charge in [0.1, 0.15) is 11.4 Å². The molecule has 0 bridgehead atoms. The molecule has 2 unspecified atom stereocenters. The van der Waals surface area contributed by atoms with Gasteiger partial charge in [-0.15, -0.1) is 10.2 Å². The Hall–Kier alpha value is -2.71. The highest BCUT2D eigenvalue weighted by Crippen LogP contribution is 2.28. The van der Waals surface area contributed by atoms with E-state index in [4.69, 9.17) is 25.8 Å². The van der Waals surface area contributed by atoms with Crippen LogP contribution in [0.3, 0.4) is 0 Å². The minimum atomic E-state index is -4.05. The quantitative estimate of drug-likeness (QED) is 0.384. The number of hydrogen-bond donors (Lipinski definition) is 1. The van der Waals surface area contributed by atoms with Crippen LogP contribution in [0.4, 0.5) is 5.95 Å². The number of methoxy groups -OCH3 is 3. The van der Waals surface area contributed by atoms with Crippen LogP contribution in [0.2, 0.25) is 5.02 Å². The summed E-state index contributed by atoms with van der Waals surface area (Å²) in [5.41, 5.74) is 0.648. The molecule has 12 nitrogen and oxygen atoms in total. The lowest BCUT2D eigenvalue weighted by molar-refractivity contribution is 0.0907. The lowest BCUT2D eigenvalue weighted by atomic mass is 10.2. The van der Waals surface area contributed by atoms with Crippen molar-refractivity contribution in [3.8, 4) is 11.4 Å². The Balaban J connectivity index is 1.99. The molecular formula is C20H26ClN7O5S. The fraction of sp³-hybridized carbons (Fsp3) is 0.450. The van der Waals surface area contributed by atoms with Crippen molar-refractivity contribution in [2.45, 2.75) is 24.3 Å². The Morgan fingerprint density at radius 2 is 1.76 bits per heavy atom. The summed E-state index contributed by atoms with van der Waals surface area (Å²) in [7, 11) is 0.413. The van der Waals surface area contributed by atoms with Crippen LogP contribution in [0, 0.1) is 0 Å². The maximum absolute atomic E-state index is 13.3. The molecule has 3 aromatic rings. The minimum Gasteiger partial charge on any atom is -0.382 e. The molecule has 0 fully saturated rings. The zero-order chi connectivity index (χ0) is 24.7. The third kappa shape index (κ3) is 5.85. The van der Waals surface area contributed by atoms with Crippen molar-refractivity contribution in [3.05, 3.63) is 47.8 Å². The molecule has 0 amide bonds. The molecule has 2 atom stereocenters. The van der Waals surface area contributed by atoms with Crippen molar-refractivity contribution in [1.82, 2.24) is 29.7 Å². The van der Waals surface area contributed by atoms with E-state index in [2.05, 4.69) is 29.9 Å². The number of sulfonamides is 1. The number of aromatic nitrogens is 6. The molecule has 0 saturated carbocycles. The number of rotatable bonds is 12. The van der Waals surface area contributed by atoms with Crippen LogP contribution in [-0.2, 0) is 24.2 Å². The van der Waals surface area contributed by atoms with Gasteiger partial charge in [-0.3, -0.25) is 14.3 Å². The summed E-state index contributed by atoms with van der Waals surface area (Å²) >= 11 is 5.85. The Labute approximate surface area is 202 Å². The van der Waals surface area contributed by atoms with E-state index in [9.17, 15) is 8.42 Å². The Morgan fingerprint density at radius 3 is 2.32 bits per heavy atom. The number of halogens is 1. The van der Waals surface area contributed by atoms with E-state index in [0.717, 1.165) is 0 Å². The first-order valence-corrected chi connectivity index (χ1v) is 12.1. The Bertz CT molecular complexity index is 1160. The second-order valence-corrected chi connectivity index (χ2v) is 9.77. The van der Waals surface area contributed by atoms with Gasteiger partial charge in [-0.2, -0.15) is 0 Å². The first-order chi connectivity index (χ1) is 16.3. The summed E-state index contributed by atoms with van der Waals surface area (Å²) in [6.07, 6.45) is 5.02.